The van der Waals surface area contributed by atoms with Crippen molar-refractivity contribution < 1.29 is 0 Å². The van der Waals surface area contributed by atoms with Crippen LogP contribution in [-0.4, -0.2) is 29.0 Å². The fraction of sp³-hybridized carbons (Fsp3) is 0. The van der Waals surface area contributed by atoms with Crippen LogP contribution < -0.4 is 0 Å². The van der Waals surface area contributed by atoms with Crippen molar-refractivity contribution in [3.8, 4) is 0 Å². The van der Waals surface area contributed by atoms with E-state index in [0.717, 1.165) is 0 Å². The first-order valence-electron chi connectivity index (χ1n) is 3.63. The maximum absolute atomic E-state index is 3.30. The third kappa shape index (κ3) is 0.967. The third-order valence-corrected chi connectivity index (χ3v) is 5.30. The summed E-state index contributed by atoms with van der Waals surface area (Å²) in [5.41, 5.74) is 0. The SMILES string of the molecule is [c]1cc2cc3[se][c]cc3cc2[se]1. The second-order valence-electron chi connectivity index (χ2n) is 2.66. The van der Waals surface area contributed by atoms with Crippen molar-refractivity contribution in [1.82, 2.24) is 0 Å². The fourth-order valence-electron chi connectivity index (χ4n) is 1.31. The summed E-state index contributed by atoms with van der Waals surface area (Å²) in [6.07, 6.45) is 0. The zero-order valence-electron chi connectivity index (χ0n) is 6.13. The van der Waals surface area contributed by atoms with Crippen LogP contribution in [0.2, 0.25) is 0 Å². The van der Waals surface area contributed by atoms with Crippen LogP contribution in [0, 0.1) is 9.88 Å². The average Bonchev–Trinajstić information content (AvgIpc) is 2.64. The molecule has 0 unspecified atom stereocenters. The number of hydrogen-bond donors (Lipinski definition) is 0. The van der Waals surface area contributed by atoms with E-state index in [1.165, 1.54) is 19.3 Å². The predicted molar refractivity (Wildman–Crippen MR) is 53.0 cm³/mol. The molecule has 12 heavy (non-hydrogen) atoms. The van der Waals surface area contributed by atoms with Gasteiger partial charge in [0, 0.05) is 0 Å². The van der Waals surface area contributed by atoms with Gasteiger partial charge in [0.25, 0.3) is 0 Å². The van der Waals surface area contributed by atoms with Crippen molar-refractivity contribution in [3.05, 3.63) is 34.1 Å². The predicted octanol–water partition coefficient (Wildman–Crippen LogP) is 1.71. The van der Waals surface area contributed by atoms with Gasteiger partial charge in [-0.05, 0) is 0 Å². The van der Waals surface area contributed by atoms with Crippen molar-refractivity contribution in [1.29, 1.82) is 0 Å². The van der Waals surface area contributed by atoms with Gasteiger partial charge in [-0.25, -0.2) is 0 Å². The summed E-state index contributed by atoms with van der Waals surface area (Å²) in [4.78, 5) is 6.60. The number of rotatable bonds is 0. The molecule has 0 bridgehead atoms. The first kappa shape index (κ1) is 7.17. The molecule has 2 radical (unpaired) electrons. The Morgan fingerprint density at radius 3 is 1.83 bits per heavy atom. The number of benzene rings is 1. The number of hydrogen-bond acceptors (Lipinski definition) is 0. The minimum atomic E-state index is 0.466. The second kappa shape index (κ2) is 2.61. The molecule has 0 saturated heterocycles. The van der Waals surface area contributed by atoms with Gasteiger partial charge >= 0.3 is 82.4 Å². The first-order valence-corrected chi connectivity index (χ1v) is 7.05. The van der Waals surface area contributed by atoms with E-state index in [9.17, 15) is 0 Å². The molecule has 0 aliphatic carbocycles. The van der Waals surface area contributed by atoms with E-state index in [4.69, 9.17) is 0 Å². The van der Waals surface area contributed by atoms with Gasteiger partial charge in [0.05, 0.1) is 0 Å². The van der Waals surface area contributed by atoms with E-state index in [1.54, 1.807) is 0 Å². The molecule has 0 spiro atoms. The molecule has 56 valence electrons. The summed E-state index contributed by atoms with van der Waals surface area (Å²) < 4.78 is 2.97. The third-order valence-electron chi connectivity index (χ3n) is 1.91. The maximum atomic E-state index is 3.30. The van der Waals surface area contributed by atoms with Crippen molar-refractivity contribution in [2.75, 3.05) is 0 Å². The Bertz CT molecular complexity index is 440. The minimum absolute atomic E-state index is 0.466. The Hall–Kier alpha value is -0.261. The topological polar surface area (TPSA) is 0 Å². The Kier molecular flexibility index (Phi) is 1.56. The molecule has 0 amide bonds. The van der Waals surface area contributed by atoms with Gasteiger partial charge in [-0.15, -0.1) is 0 Å². The van der Waals surface area contributed by atoms with Crippen molar-refractivity contribution in [2.45, 2.75) is 0 Å². The van der Waals surface area contributed by atoms with Gasteiger partial charge in [-0.2, -0.15) is 0 Å². The van der Waals surface area contributed by atoms with Crippen molar-refractivity contribution >= 4 is 48.3 Å². The van der Waals surface area contributed by atoms with Gasteiger partial charge in [0.1, 0.15) is 0 Å². The van der Waals surface area contributed by atoms with Gasteiger partial charge in [0.15, 0.2) is 0 Å². The summed E-state index contributed by atoms with van der Waals surface area (Å²) in [6.45, 7) is 0. The van der Waals surface area contributed by atoms with Gasteiger partial charge in [-0.3, -0.25) is 0 Å². The molecule has 0 aliphatic heterocycles. The molecule has 0 N–H and O–H groups in total. The first-order chi connectivity index (χ1) is 5.93. The van der Waals surface area contributed by atoms with E-state index in [0.29, 0.717) is 29.0 Å². The van der Waals surface area contributed by atoms with Crippen LogP contribution in [0.5, 0.6) is 0 Å². The van der Waals surface area contributed by atoms with Crippen LogP contribution in [0.4, 0.5) is 0 Å². The molecule has 0 saturated carbocycles. The molecule has 3 rings (SSSR count). The number of fused-ring (bicyclic) bond motifs is 2. The quantitative estimate of drug-likeness (QED) is 0.551. The van der Waals surface area contributed by atoms with Crippen molar-refractivity contribution in [3.63, 3.8) is 0 Å². The molecule has 0 atom stereocenters. The second-order valence-corrected chi connectivity index (χ2v) is 6.35. The normalized spacial score (nSPS) is 11.3. The molecule has 0 aliphatic rings. The Balaban J connectivity index is 2.62. The van der Waals surface area contributed by atoms with Crippen molar-refractivity contribution in [2.24, 2.45) is 0 Å². The van der Waals surface area contributed by atoms with E-state index in [2.05, 4.69) is 34.1 Å². The summed E-state index contributed by atoms with van der Waals surface area (Å²) in [5.74, 6) is 0. The van der Waals surface area contributed by atoms with Crippen LogP contribution >= 0.6 is 0 Å². The summed E-state index contributed by atoms with van der Waals surface area (Å²) >= 11 is 0.932. The molecule has 2 heteroatoms. The van der Waals surface area contributed by atoms with E-state index in [-0.39, 0.29) is 0 Å². The Morgan fingerprint density at radius 1 is 0.833 bits per heavy atom. The van der Waals surface area contributed by atoms with Crippen LogP contribution in [0.1, 0.15) is 0 Å². The molecular weight excluding hydrogens is 278 g/mol. The zero-order chi connectivity index (χ0) is 7.97. The summed E-state index contributed by atoms with van der Waals surface area (Å²) in [6, 6.07) is 8.87. The summed E-state index contributed by atoms with van der Waals surface area (Å²) in [5, 5.41) is 2.79. The molecular formula is C10H4Se2. The molecule has 1 aromatic carbocycles. The van der Waals surface area contributed by atoms with Crippen LogP contribution in [0.15, 0.2) is 24.3 Å². The molecule has 0 nitrogen and oxygen atoms in total. The Morgan fingerprint density at radius 2 is 1.33 bits per heavy atom. The molecule has 2 aromatic heterocycles. The standard InChI is InChI=1S/C10H4Se2/c1-3-11-9-6-8-2-4-12-10(8)5-7(1)9/h1-2,5-6H. The Labute approximate surface area is 82.3 Å². The van der Waals surface area contributed by atoms with Gasteiger partial charge in [0.2, 0.25) is 0 Å². The van der Waals surface area contributed by atoms with Crippen LogP contribution in [0.3, 0.4) is 0 Å². The van der Waals surface area contributed by atoms with Crippen LogP contribution in [0.25, 0.3) is 19.3 Å². The average molecular weight is 282 g/mol. The molecule has 0 fully saturated rings. The van der Waals surface area contributed by atoms with E-state index in [1.807, 2.05) is 0 Å². The van der Waals surface area contributed by atoms with Crippen LogP contribution in [-0.2, 0) is 0 Å². The molecule has 3 aromatic rings. The monoisotopic (exact) mass is 284 g/mol. The van der Waals surface area contributed by atoms with Gasteiger partial charge < -0.3 is 0 Å². The molecule has 2 heterocycles. The fourth-order valence-corrected chi connectivity index (χ4v) is 4.39. The summed E-state index contributed by atoms with van der Waals surface area (Å²) in [7, 11) is 0. The van der Waals surface area contributed by atoms with Gasteiger partial charge in [-0.1, -0.05) is 0 Å². The van der Waals surface area contributed by atoms with E-state index >= 15 is 0 Å². The van der Waals surface area contributed by atoms with E-state index < -0.39 is 0 Å². The zero-order valence-corrected chi connectivity index (χ0v) is 9.55.